The van der Waals surface area contributed by atoms with Crippen LogP contribution in [-0.4, -0.2) is 30.1 Å². The number of likely N-dealkylation sites (N-methyl/N-ethyl adjacent to an activating group) is 1. The molecule has 108 valence electrons. The zero-order chi connectivity index (χ0) is 15.3. The molecule has 0 radical (unpaired) electrons. The molecular formula is C13H13Br2NO4. The highest BCUT2D eigenvalue weighted by atomic mass is 79.9. The van der Waals surface area contributed by atoms with Crippen LogP contribution in [0.3, 0.4) is 0 Å². The van der Waals surface area contributed by atoms with E-state index in [2.05, 4.69) is 37.2 Å². The molecular weight excluding hydrogens is 394 g/mol. The average molecular weight is 407 g/mol. The molecule has 1 aromatic rings. The molecule has 0 aliphatic heterocycles. The standard InChI is InChI=1S/C13H13Br2NO4/c1-7(13(19)16-2)20-12-9(14)5-8(6-10(12)15)3-4-11(17)18/h3-7H,1-2H3,(H,16,19)(H,17,18)/b4-3+. The Labute approximate surface area is 133 Å². The molecule has 5 nitrogen and oxygen atoms in total. The van der Waals surface area contributed by atoms with Gasteiger partial charge in [-0.3, -0.25) is 4.79 Å². The van der Waals surface area contributed by atoms with E-state index in [1.165, 1.54) is 13.1 Å². The third-order valence-corrected chi connectivity index (χ3v) is 3.53. The zero-order valence-electron chi connectivity index (χ0n) is 10.8. The van der Waals surface area contributed by atoms with Gasteiger partial charge in [0.1, 0.15) is 5.75 Å². The Kier molecular flexibility index (Phi) is 6.22. The topological polar surface area (TPSA) is 75.6 Å². The highest BCUT2D eigenvalue weighted by molar-refractivity contribution is 9.11. The first-order valence-electron chi connectivity index (χ1n) is 5.63. The number of hydrogen-bond donors (Lipinski definition) is 2. The summed E-state index contributed by atoms with van der Waals surface area (Å²) in [7, 11) is 1.53. The van der Waals surface area contributed by atoms with Crippen LogP contribution in [0.2, 0.25) is 0 Å². The maximum Gasteiger partial charge on any atom is 0.328 e. The molecule has 0 saturated heterocycles. The molecule has 1 rings (SSSR count). The molecule has 1 amide bonds. The third-order valence-electron chi connectivity index (χ3n) is 2.35. The van der Waals surface area contributed by atoms with E-state index in [1.54, 1.807) is 19.1 Å². The van der Waals surface area contributed by atoms with Gasteiger partial charge in [0.15, 0.2) is 6.10 Å². The summed E-state index contributed by atoms with van der Waals surface area (Å²) in [5.74, 6) is -0.780. The molecule has 1 aromatic carbocycles. The molecule has 0 heterocycles. The van der Waals surface area contributed by atoms with Crippen molar-refractivity contribution in [1.82, 2.24) is 5.32 Å². The number of ether oxygens (including phenoxy) is 1. The number of nitrogens with one attached hydrogen (secondary N) is 1. The molecule has 0 aliphatic rings. The van der Waals surface area contributed by atoms with Crippen LogP contribution in [0, 0.1) is 0 Å². The van der Waals surface area contributed by atoms with Crippen molar-refractivity contribution >= 4 is 49.8 Å². The second kappa shape index (κ2) is 7.44. The molecule has 0 saturated carbocycles. The Hall–Kier alpha value is -1.34. The van der Waals surface area contributed by atoms with Crippen molar-refractivity contribution in [2.75, 3.05) is 7.05 Å². The lowest BCUT2D eigenvalue weighted by Gasteiger charge is -2.16. The van der Waals surface area contributed by atoms with E-state index in [0.29, 0.717) is 20.3 Å². The lowest BCUT2D eigenvalue weighted by Crippen LogP contribution is -2.33. The third kappa shape index (κ3) is 4.64. The molecule has 0 fully saturated rings. The number of rotatable bonds is 5. The van der Waals surface area contributed by atoms with Crippen molar-refractivity contribution in [3.63, 3.8) is 0 Å². The van der Waals surface area contributed by atoms with Gasteiger partial charge in [0.2, 0.25) is 0 Å². The summed E-state index contributed by atoms with van der Waals surface area (Å²) in [5.41, 5.74) is 0.686. The Morgan fingerprint density at radius 1 is 1.35 bits per heavy atom. The van der Waals surface area contributed by atoms with Crippen LogP contribution in [0.15, 0.2) is 27.2 Å². The van der Waals surface area contributed by atoms with Gasteiger partial charge in [-0.25, -0.2) is 4.79 Å². The number of benzene rings is 1. The monoisotopic (exact) mass is 405 g/mol. The van der Waals surface area contributed by atoms with Gasteiger partial charge < -0.3 is 15.2 Å². The smallest absolute Gasteiger partial charge is 0.328 e. The molecule has 0 aliphatic carbocycles. The molecule has 7 heteroatoms. The number of amides is 1. The Morgan fingerprint density at radius 3 is 2.35 bits per heavy atom. The first-order valence-corrected chi connectivity index (χ1v) is 7.22. The van der Waals surface area contributed by atoms with Crippen molar-refractivity contribution in [3.8, 4) is 5.75 Å². The quantitative estimate of drug-likeness (QED) is 0.737. The van der Waals surface area contributed by atoms with Crippen LogP contribution >= 0.6 is 31.9 Å². The molecule has 20 heavy (non-hydrogen) atoms. The molecule has 2 N–H and O–H groups in total. The van der Waals surface area contributed by atoms with Crippen LogP contribution in [0.4, 0.5) is 0 Å². The van der Waals surface area contributed by atoms with Gasteiger partial charge in [-0.05, 0) is 62.6 Å². The van der Waals surface area contributed by atoms with Crippen molar-refractivity contribution < 1.29 is 19.4 Å². The van der Waals surface area contributed by atoms with Crippen LogP contribution in [0.5, 0.6) is 5.75 Å². The van der Waals surface area contributed by atoms with Gasteiger partial charge in [-0.2, -0.15) is 0 Å². The molecule has 1 atom stereocenters. The number of carboxylic acids is 1. The second-order valence-corrected chi connectivity index (χ2v) is 5.57. The van der Waals surface area contributed by atoms with E-state index < -0.39 is 12.1 Å². The summed E-state index contributed by atoms with van der Waals surface area (Å²) < 4.78 is 6.80. The SMILES string of the molecule is CNC(=O)C(C)Oc1c(Br)cc(/C=C/C(=O)O)cc1Br. The van der Waals surface area contributed by atoms with E-state index in [1.807, 2.05) is 0 Å². The second-order valence-electron chi connectivity index (χ2n) is 3.86. The fourth-order valence-electron chi connectivity index (χ4n) is 1.39. The summed E-state index contributed by atoms with van der Waals surface area (Å²) in [5, 5.41) is 11.1. The van der Waals surface area contributed by atoms with E-state index >= 15 is 0 Å². The lowest BCUT2D eigenvalue weighted by atomic mass is 10.2. The molecule has 0 aromatic heterocycles. The number of hydrogen-bond acceptors (Lipinski definition) is 3. The summed E-state index contributed by atoms with van der Waals surface area (Å²) >= 11 is 6.67. The molecule has 1 unspecified atom stereocenters. The van der Waals surface area contributed by atoms with Crippen molar-refractivity contribution in [2.45, 2.75) is 13.0 Å². The highest BCUT2D eigenvalue weighted by Gasteiger charge is 2.16. The fourth-order valence-corrected chi connectivity index (χ4v) is 2.80. The van der Waals surface area contributed by atoms with Crippen LogP contribution in [0.25, 0.3) is 6.08 Å². The normalized spacial score (nSPS) is 12.2. The highest BCUT2D eigenvalue weighted by Crippen LogP contribution is 2.35. The minimum atomic E-state index is -1.02. The van der Waals surface area contributed by atoms with Gasteiger partial charge in [0.25, 0.3) is 5.91 Å². The Bertz CT molecular complexity index is 534. The predicted molar refractivity (Wildman–Crippen MR) is 82.7 cm³/mol. The number of aliphatic carboxylic acids is 1. The molecule has 0 bridgehead atoms. The summed E-state index contributed by atoms with van der Waals surface area (Å²) in [6, 6.07) is 3.41. The van der Waals surface area contributed by atoms with E-state index in [-0.39, 0.29) is 5.91 Å². The first-order chi connectivity index (χ1) is 9.35. The zero-order valence-corrected chi connectivity index (χ0v) is 14.0. The van der Waals surface area contributed by atoms with Crippen LogP contribution < -0.4 is 10.1 Å². The lowest BCUT2D eigenvalue weighted by molar-refractivity contribution is -0.131. The first kappa shape index (κ1) is 16.7. The van der Waals surface area contributed by atoms with Crippen molar-refractivity contribution in [2.24, 2.45) is 0 Å². The van der Waals surface area contributed by atoms with Crippen LogP contribution in [-0.2, 0) is 9.59 Å². The Balaban J connectivity index is 3.00. The summed E-state index contributed by atoms with van der Waals surface area (Å²) in [4.78, 5) is 21.9. The van der Waals surface area contributed by atoms with Gasteiger partial charge >= 0.3 is 5.97 Å². The maximum atomic E-state index is 11.4. The van der Waals surface area contributed by atoms with E-state index in [4.69, 9.17) is 9.84 Å². The summed E-state index contributed by atoms with van der Waals surface area (Å²) in [6.07, 6.45) is 1.86. The number of carboxylic acid groups (broad SMARTS) is 1. The summed E-state index contributed by atoms with van der Waals surface area (Å²) in [6.45, 7) is 1.63. The predicted octanol–water partition coefficient (Wildman–Crippen LogP) is 2.82. The minimum Gasteiger partial charge on any atom is -0.479 e. The van der Waals surface area contributed by atoms with Gasteiger partial charge in [0.05, 0.1) is 8.95 Å². The van der Waals surface area contributed by atoms with Crippen molar-refractivity contribution in [1.29, 1.82) is 0 Å². The largest absolute Gasteiger partial charge is 0.479 e. The number of halogens is 2. The Morgan fingerprint density at radius 2 is 1.90 bits per heavy atom. The van der Waals surface area contributed by atoms with Crippen LogP contribution in [0.1, 0.15) is 12.5 Å². The van der Waals surface area contributed by atoms with E-state index in [0.717, 1.165) is 6.08 Å². The van der Waals surface area contributed by atoms with Gasteiger partial charge in [0, 0.05) is 13.1 Å². The fraction of sp³-hybridized carbons (Fsp3) is 0.231. The van der Waals surface area contributed by atoms with Gasteiger partial charge in [-0.1, -0.05) is 0 Å². The van der Waals surface area contributed by atoms with Gasteiger partial charge in [-0.15, -0.1) is 0 Å². The average Bonchev–Trinajstić information content (AvgIpc) is 2.39. The number of carbonyl (C=O) groups is 2. The maximum absolute atomic E-state index is 11.4. The minimum absolute atomic E-state index is 0.237. The van der Waals surface area contributed by atoms with Crippen molar-refractivity contribution in [3.05, 3.63) is 32.7 Å². The molecule has 0 spiro atoms. The number of carbonyl (C=O) groups excluding carboxylic acids is 1. The van der Waals surface area contributed by atoms with E-state index in [9.17, 15) is 9.59 Å².